The highest BCUT2D eigenvalue weighted by Crippen LogP contribution is 2.15. The summed E-state index contributed by atoms with van der Waals surface area (Å²) in [6.45, 7) is 3.65. The second-order valence-electron chi connectivity index (χ2n) is 4.82. The first-order valence-electron chi connectivity index (χ1n) is 5.85. The lowest BCUT2D eigenvalue weighted by molar-refractivity contribution is 0.0942. The van der Waals surface area contributed by atoms with Crippen molar-refractivity contribution in [1.82, 2.24) is 9.80 Å². The van der Waals surface area contributed by atoms with Gasteiger partial charge in [-0.2, -0.15) is 0 Å². The van der Waals surface area contributed by atoms with Crippen molar-refractivity contribution in [2.45, 2.75) is 13.0 Å². The molecule has 0 saturated carbocycles. The van der Waals surface area contributed by atoms with E-state index >= 15 is 0 Å². The molecule has 1 N–H and O–H groups in total. The lowest BCUT2D eigenvalue weighted by Crippen LogP contribution is -2.60. The van der Waals surface area contributed by atoms with Crippen LogP contribution in [0.1, 0.15) is 5.56 Å². The van der Waals surface area contributed by atoms with Crippen LogP contribution in [0.3, 0.4) is 0 Å². The molecule has 1 fully saturated rings. The highest BCUT2D eigenvalue weighted by molar-refractivity contribution is 5.89. The fourth-order valence-corrected chi connectivity index (χ4v) is 1.79. The van der Waals surface area contributed by atoms with Crippen LogP contribution in [0, 0.1) is 6.92 Å². The van der Waals surface area contributed by atoms with E-state index < -0.39 is 0 Å². The molecule has 0 aromatic heterocycles. The van der Waals surface area contributed by atoms with Gasteiger partial charge in [0.1, 0.15) is 0 Å². The van der Waals surface area contributed by atoms with Crippen LogP contribution >= 0.6 is 0 Å². The van der Waals surface area contributed by atoms with Crippen LogP contribution in [0.5, 0.6) is 0 Å². The molecule has 0 unspecified atom stereocenters. The zero-order chi connectivity index (χ0) is 12.4. The van der Waals surface area contributed by atoms with Gasteiger partial charge in [-0.05, 0) is 33.2 Å². The largest absolute Gasteiger partial charge is 0.321 e. The van der Waals surface area contributed by atoms with E-state index in [9.17, 15) is 4.79 Å². The molecular formula is C13H19N3O. The minimum atomic E-state index is -0.00745. The van der Waals surface area contributed by atoms with Crippen LogP contribution in [0.25, 0.3) is 0 Å². The molecular weight excluding hydrogens is 214 g/mol. The molecule has 1 aromatic rings. The number of carbonyl (C=O) groups excluding carboxylic acids is 1. The first kappa shape index (κ1) is 11.9. The zero-order valence-electron chi connectivity index (χ0n) is 10.6. The van der Waals surface area contributed by atoms with E-state index in [0.29, 0.717) is 6.04 Å². The van der Waals surface area contributed by atoms with Gasteiger partial charge in [0.2, 0.25) is 0 Å². The number of hydrogen-bond donors (Lipinski definition) is 1. The van der Waals surface area contributed by atoms with Gasteiger partial charge in [-0.15, -0.1) is 0 Å². The first-order valence-corrected chi connectivity index (χ1v) is 5.85. The number of amides is 2. The van der Waals surface area contributed by atoms with Gasteiger partial charge >= 0.3 is 6.03 Å². The maximum absolute atomic E-state index is 11.8. The van der Waals surface area contributed by atoms with Crippen LogP contribution in [0.4, 0.5) is 10.5 Å². The number of urea groups is 1. The van der Waals surface area contributed by atoms with Crippen LogP contribution in [0.2, 0.25) is 0 Å². The van der Waals surface area contributed by atoms with Gasteiger partial charge in [0.25, 0.3) is 0 Å². The summed E-state index contributed by atoms with van der Waals surface area (Å²) in [7, 11) is 4.08. The van der Waals surface area contributed by atoms with Gasteiger partial charge in [0.15, 0.2) is 0 Å². The summed E-state index contributed by atoms with van der Waals surface area (Å²) in [6, 6.07) is 8.33. The number of likely N-dealkylation sites (tertiary alicyclic amines) is 1. The molecule has 1 aliphatic heterocycles. The third-order valence-corrected chi connectivity index (χ3v) is 3.18. The van der Waals surface area contributed by atoms with Gasteiger partial charge in [-0.25, -0.2) is 4.79 Å². The Labute approximate surface area is 102 Å². The Hall–Kier alpha value is -1.55. The summed E-state index contributed by atoms with van der Waals surface area (Å²) >= 11 is 0. The highest BCUT2D eigenvalue weighted by Gasteiger charge is 2.31. The van der Waals surface area contributed by atoms with Gasteiger partial charge in [-0.3, -0.25) is 0 Å². The summed E-state index contributed by atoms with van der Waals surface area (Å²) in [6.07, 6.45) is 0. The second kappa shape index (κ2) is 4.75. The summed E-state index contributed by atoms with van der Waals surface area (Å²) in [5, 5.41) is 2.90. The predicted octanol–water partition coefficient (Wildman–Crippen LogP) is 1.77. The number of nitrogens with one attached hydrogen (secondary N) is 1. The Balaban J connectivity index is 1.85. The minimum Gasteiger partial charge on any atom is -0.321 e. The van der Waals surface area contributed by atoms with Crippen molar-refractivity contribution in [3.05, 3.63) is 29.8 Å². The normalized spacial score (nSPS) is 15.9. The third kappa shape index (κ3) is 2.77. The number of likely N-dealkylation sites (N-methyl/N-ethyl adjacent to an activating group) is 1. The number of benzene rings is 1. The molecule has 1 aromatic carbocycles. The minimum absolute atomic E-state index is 0.00745. The molecule has 4 heteroatoms. The summed E-state index contributed by atoms with van der Waals surface area (Å²) in [4.78, 5) is 15.8. The van der Waals surface area contributed by atoms with E-state index in [2.05, 4.69) is 10.2 Å². The second-order valence-corrected chi connectivity index (χ2v) is 4.82. The molecule has 2 rings (SSSR count). The van der Waals surface area contributed by atoms with Crippen LogP contribution in [0.15, 0.2) is 24.3 Å². The molecule has 92 valence electrons. The Morgan fingerprint density at radius 1 is 1.29 bits per heavy atom. The SMILES string of the molecule is Cc1ccc(NC(=O)N2CC(N(C)C)C2)cc1. The van der Waals surface area contributed by atoms with Gasteiger partial charge in [-0.1, -0.05) is 17.7 Å². The molecule has 0 aliphatic carbocycles. The molecule has 2 amide bonds. The van der Waals surface area contributed by atoms with E-state index in [1.165, 1.54) is 5.56 Å². The summed E-state index contributed by atoms with van der Waals surface area (Å²) < 4.78 is 0. The summed E-state index contributed by atoms with van der Waals surface area (Å²) in [5.41, 5.74) is 2.05. The van der Waals surface area contributed by atoms with Crippen molar-refractivity contribution in [1.29, 1.82) is 0 Å². The van der Waals surface area contributed by atoms with E-state index in [-0.39, 0.29) is 6.03 Å². The van der Waals surface area contributed by atoms with E-state index in [4.69, 9.17) is 0 Å². The average molecular weight is 233 g/mol. The lowest BCUT2D eigenvalue weighted by atomic mass is 10.1. The van der Waals surface area contributed by atoms with Gasteiger partial charge in [0, 0.05) is 24.8 Å². The van der Waals surface area contributed by atoms with Crippen molar-refractivity contribution >= 4 is 11.7 Å². The van der Waals surface area contributed by atoms with Crippen molar-refractivity contribution in [2.75, 3.05) is 32.5 Å². The fourth-order valence-electron chi connectivity index (χ4n) is 1.79. The molecule has 4 nitrogen and oxygen atoms in total. The fraction of sp³-hybridized carbons (Fsp3) is 0.462. The molecule has 1 saturated heterocycles. The maximum atomic E-state index is 11.8. The van der Waals surface area contributed by atoms with Crippen LogP contribution < -0.4 is 5.32 Å². The van der Waals surface area contributed by atoms with Gasteiger partial charge in [0.05, 0.1) is 0 Å². The van der Waals surface area contributed by atoms with Gasteiger partial charge < -0.3 is 15.1 Å². The van der Waals surface area contributed by atoms with Crippen LogP contribution in [-0.2, 0) is 0 Å². The topological polar surface area (TPSA) is 35.6 Å². The zero-order valence-corrected chi connectivity index (χ0v) is 10.6. The third-order valence-electron chi connectivity index (χ3n) is 3.18. The number of aryl methyl sites for hydroxylation is 1. The molecule has 0 bridgehead atoms. The standard InChI is InChI=1S/C13H19N3O/c1-10-4-6-11(7-5-10)14-13(17)16-8-12(9-16)15(2)3/h4-7,12H,8-9H2,1-3H3,(H,14,17). The number of rotatable bonds is 2. The van der Waals surface area contributed by atoms with Crippen molar-refractivity contribution < 1.29 is 4.79 Å². The number of nitrogens with zero attached hydrogens (tertiary/aromatic N) is 2. The Bertz CT molecular complexity index is 394. The molecule has 1 aliphatic rings. The van der Waals surface area contributed by atoms with E-state index in [0.717, 1.165) is 18.8 Å². The quantitative estimate of drug-likeness (QED) is 0.845. The Kier molecular flexibility index (Phi) is 3.33. The smallest absolute Gasteiger partial charge is 0.321 e. The van der Waals surface area contributed by atoms with Crippen molar-refractivity contribution in [2.24, 2.45) is 0 Å². The lowest BCUT2D eigenvalue weighted by Gasteiger charge is -2.42. The molecule has 1 heterocycles. The number of anilines is 1. The Morgan fingerprint density at radius 2 is 1.88 bits per heavy atom. The average Bonchev–Trinajstić information content (AvgIpc) is 2.18. The van der Waals surface area contributed by atoms with E-state index in [1.807, 2.05) is 50.2 Å². The first-order chi connectivity index (χ1) is 8.06. The molecule has 17 heavy (non-hydrogen) atoms. The maximum Gasteiger partial charge on any atom is 0.321 e. The summed E-state index contributed by atoms with van der Waals surface area (Å²) in [5.74, 6) is 0. The number of hydrogen-bond acceptors (Lipinski definition) is 2. The van der Waals surface area contributed by atoms with E-state index in [1.54, 1.807) is 0 Å². The molecule has 0 radical (unpaired) electrons. The number of carbonyl (C=O) groups is 1. The van der Waals surface area contributed by atoms with Crippen LogP contribution in [-0.4, -0.2) is 49.1 Å². The van der Waals surface area contributed by atoms with Crippen molar-refractivity contribution in [3.63, 3.8) is 0 Å². The monoisotopic (exact) mass is 233 g/mol. The molecule has 0 spiro atoms. The van der Waals surface area contributed by atoms with Crippen molar-refractivity contribution in [3.8, 4) is 0 Å². The predicted molar refractivity (Wildman–Crippen MR) is 69.2 cm³/mol. The highest BCUT2D eigenvalue weighted by atomic mass is 16.2. The Morgan fingerprint density at radius 3 is 2.41 bits per heavy atom. The molecule has 0 atom stereocenters.